The van der Waals surface area contributed by atoms with Crippen molar-refractivity contribution in [3.8, 4) is 0 Å². The molecule has 0 saturated heterocycles. The third-order valence-corrected chi connectivity index (χ3v) is 6.19. The van der Waals surface area contributed by atoms with Crippen molar-refractivity contribution in [2.24, 2.45) is 0 Å². The number of nitrogens with zero attached hydrogens (tertiary/aromatic N) is 3. The first kappa shape index (κ1) is 21.8. The van der Waals surface area contributed by atoms with Crippen LogP contribution in [0.5, 0.6) is 0 Å². The number of hydrogen-bond acceptors (Lipinski definition) is 6. The third-order valence-electron chi connectivity index (χ3n) is 6.19. The molecule has 8 heteroatoms. The first-order valence-electron chi connectivity index (χ1n) is 10.9. The molecule has 1 N–H and O–H groups in total. The Bertz CT molecular complexity index is 1020. The van der Waals surface area contributed by atoms with E-state index in [1.54, 1.807) is 31.2 Å². The smallest absolute Gasteiger partial charge is 0.429 e. The molecule has 2 aliphatic heterocycles. The molecular formula is C24H28N4O4. The van der Waals surface area contributed by atoms with Crippen molar-refractivity contribution in [3.05, 3.63) is 65.2 Å². The van der Waals surface area contributed by atoms with Gasteiger partial charge in [-0.25, -0.2) is 15.2 Å². The number of hydrogen-bond donors (Lipinski definition) is 1. The number of ether oxygens (including phenoxy) is 1. The van der Waals surface area contributed by atoms with Crippen molar-refractivity contribution in [2.45, 2.75) is 51.8 Å². The van der Waals surface area contributed by atoms with E-state index in [-0.39, 0.29) is 6.04 Å². The Morgan fingerprint density at radius 3 is 2.31 bits per heavy atom. The Morgan fingerprint density at radius 2 is 1.69 bits per heavy atom. The fraction of sp³-hybridized carbons (Fsp3) is 0.375. The summed E-state index contributed by atoms with van der Waals surface area (Å²) in [5.41, 5.74) is 6.16. The number of para-hydroxylation sites is 1. The normalized spacial score (nSPS) is 19.3. The Kier molecular flexibility index (Phi) is 5.88. The van der Waals surface area contributed by atoms with Gasteiger partial charge in [-0.15, -0.1) is 0 Å². The van der Waals surface area contributed by atoms with Crippen LogP contribution in [0.2, 0.25) is 0 Å². The summed E-state index contributed by atoms with van der Waals surface area (Å²) in [6.07, 6.45) is 0.0182. The molecule has 8 nitrogen and oxygen atoms in total. The maximum absolute atomic E-state index is 13.3. The molecule has 0 radical (unpaired) electrons. The number of nitrogens with one attached hydrogen (secondary N) is 1. The molecule has 2 heterocycles. The molecule has 0 fully saturated rings. The van der Waals surface area contributed by atoms with Gasteiger partial charge in [0.1, 0.15) is 6.10 Å². The van der Waals surface area contributed by atoms with Gasteiger partial charge in [0, 0.05) is 7.05 Å². The zero-order valence-electron chi connectivity index (χ0n) is 18.7. The number of carbonyl (C=O) groups excluding carboxylic acids is 3. The van der Waals surface area contributed by atoms with E-state index in [2.05, 4.69) is 11.5 Å². The Balaban J connectivity index is 1.54. The zero-order chi connectivity index (χ0) is 23.0. The van der Waals surface area contributed by atoms with E-state index in [4.69, 9.17) is 4.74 Å². The van der Waals surface area contributed by atoms with Gasteiger partial charge in [0.15, 0.2) is 0 Å². The predicted molar refractivity (Wildman–Crippen MR) is 120 cm³/mol. The van der Waals surface area contributed by atoms with Gasteiger partial charge in [-0.1, -0.05) is 37.3 Å². The van der Waals surface area contributed by atoms with Gasteiger partial charge in [-0.2, -0.15) is 5.01 Å². The van der Waals surface area contributed by atoms with Gasteiger partial charge in [-0.3, -0.25) is 9.59 Å². The minimum atomic E-state index is -0.718. The number of anilines is 1. The summed E-state index contributed by atoms with van der Waals surface area (Å²) < 4.78 is 5.80. The summed E-state index contributed by atoms with van der Waals surface area (Å²) in [6, 6.07) is 14.1. The fourth-order valence-corrected chi connectivity index (χ4v) is 4.18. The zero-order valence-corrected chi connectivity index (χ0v) is 18.7. The van der Waals surface area contributed by atoms with E-state index in [0.717, 1.165) is 21.3 Å². The van der Waals surface area contributed by atoms with Crippen LogP contribution in [0, 0.1) is 0 Å². The van der Waals surface area contributed by atoms with Crippen molar-refractivity contribution in [1.29, 1.82) is 0 Å². The second-order valence-electron chi connectivity index (χ2n) is 8.29. The number of imide groups is 1. The van der Waals surface area contributed by atoms with Crippen LogP contribution in [0.25, 0.3) is 0 Å². The van der Waals surface area contributed by atoms with Crippen LogP contribution >= 0.6 is 0 Å². The average molecular weight is 437 g/mol. The van der Waals surface area contributed by atoms with Crippen molar-refractivity contribution >= 4 is 23.6 Å². The van der Waals surface area contributed by atoms with Crippen LogP contribution in [0.4, 0.5) is 10.5 Å². The minimum Gasteiger partial charge on any atom is -0.443 e. The van der Waals surface area contributed by atoms with Gasteiger partial charge in [0.05, 0.1) is 28.9 Å². The molecular weight excluding hydrogens is 408 g/mol. The second-order valence-corrected chi connectivity index (χ2v) is 8.29. The van der Waals surface area contributed by atoms with E-state index < -0.39 is 30.1 Å². The number of amides is 3. The standard InChI is InChI=1S/C24H28N4O4/c1-5-15(2)27(28-22(29)18-11-7-8-12-19(18)23(28)30)24(31)32-16(3)20-14-17-10-6-9-13-21(17)26(4)25-20/h6-13,15-16,20,25H,5,14H2,1-4H3. The molecule has 0 spiro atoms. The van der Waals surface area contributed by atoms with E-state index in [0.29, 0.717) is 24.0 Å². The Morgan fingerprint density at radius 1 is 1.09 bits per heavy atom. The van der Waals surface area contributed by atoms with Crippen molar-refractivity contribution in [1.82, 2.24) is 15.4 Å². The molecule has 2 aliphatic rings. The van der Waals surface area contributed by atoms with Gasteiger partial charge < -0.3 is 9.75 Å². The maximum atomic E-state index is 13.3. The quantitative estimate of drug-likeness (QED) is 0.724. The lowest BCUT2D eigenvalue weighted by Gasteiger charge is -2.39. The molecule has 0 saturated carbocycles. The van der Waals surface area contributed by atoms with Gasteiger partial charge in [-0.05, 0) is 50.5 Å². The first-order valence-corrected chi connectivity index (χ1v) is 10.9. The van der Waals surface area contributed by atoms with Crippen molar-refractivity contribution < 1.29 is 19.1 Å². The van der Waals surface area contributed by atoms with Crippen LogP contribution < -0.4 is 10.4 Å². The van der Waals surface area contributed by atoms with E-state index in [9.17, 15) is 14.4 Å². The van der Waals surface area contributed by atoms with Crippen LogP contribution in [0.3, 0.4) is 0 Å². The van der Waals surface area contributed by atoms with Crippen LogP contribution in [-0.4, -0.2) is 53.2 Å². The van der Waals surface area contributed by atoms with Crippen molar-refractivity contribution in [3.63, 3.8) is 0 Å². The molecule has 0 aromatic heterocycles. The SMILES string of the molecule is CCC(C)N(C(=O)OC(C)C1Cc2ccccc2N(C)N1)N1C(=O)c2ccccc2C1=O. The number of rotatable bonds is 5. The monoisotopic (exact) mass is 436 g/mol. The Hall–Kier alpha value is -3.39. The molecule has 0 bridgehead atoms. The van der Waals surface area contributed by atoms with Crippen LogP contribution in [0.1, 0.15) is 53.5 Å². The number of benzene rings is 2. The van der Waals surface area contributed by atoms with E-state index >= 15 is 0 Å². The summed E-state index contributed by atoms with van der Waals surface area (Å²) in [4.78, 5) is 39.2. The molecule has 4 rings (SSSR count). The van der Waals surface area contributed by atoms with Gasteiger partial charge in [0.25, 0.3) is 11.8 Å². The predicted octanol–water partition coefficient (Wildman–Crippen LogP) is 3.39. The summed E-state index contributed by atoms with van der Waals surface area (Å²) in [5.74, 6) is -1.03. The third kappa shape index (κ3) is 3.71. The summed E-state index contributed by atoms with van der Waals surface area (Å²) in [7, 11) is 1.92. The molecule has 3 atom stereocenters. The fourth-order valence-electron chi connectivity index (χ4n) is 4.18. The largest absolute Gasteiger partial charge is 0.443 e. The van der Waals surface area contributed by atoms with Gasteiger partial charge in [0.2, 0.25) is 0 Å². The average Bonchev–Trinajstić information content (AvgIpc) is 3.04. The lowest BCUT2D eigenvalue weighted by molar-refractivity contribution is -0.0314. The molecule has 2 aromatic rings. The lowest BCUT2D eigenvalue weighted by Crippen LogP contribution is -2.57. The van der Waals surface area contributed by atoms with Crippen LogP contribution in [0.15, 0.2) is 48.5 Å². The molecule has 2 aromatic carbocycles. The molecule has 168 valence electrons. The minimum absolute atomic E-state index is 0.153. The molecule has 0 aliphatic carbocycles. The maximum Gasteiger partial charge on any atom is 0.429 e. The Labute approximate surface area is 187 Å². The molecule has 3 unspecified atom stereocenters. The summed E-state index contributed by atoms with van der Waals surface area (Å²) in [6.45, 7) is 5.49. The number of fused-ring (bicyclic) bond motifs is 2. The highest BCUT2D eigenvalue weighted by Crippen LogP contribution is 2.28. The van der Waals surface area contributed by atoms with Gasteiger partial charge >= 0.3 is 6.09 Å². The highest BCUT2D eigenvalue weighted by Gasteiger charge is 2.44. The summed E-state index contributed by atoms with van der Waals surface area (Å²) in [5, 5.41) is 4.00. The number of hydrazine groups is 2. The first-order chi connectivity index (χ1) is 15.3. The van der Waals surface area contributed by atoms with Crippen LogP contribution in [-0.2, 0) is 11.2 Å². The highest BCUT2D eigenvalue weighted by molar-refractivity contribution is 6.21. The van der Waals surface area contributed by atoms with E-state index in [1.165, 1.54) is 0 Å². The lowest BCUT2D eigenvalue weighted by atomic mass is 9.98. The molecule has 32 heavy (non-hydrogen) atoms. The second kappa shape index (κ2) is 8.63. The summed E-state index contributed by atoms with van der Waals surface area (Å²) >= 11 is 0. The highest BCUT2D eigenvalue weighted by atomic mass is 16.6. The molecule has 3 amide bonds. The topological polar surface area (TPSA) is 82.2 Å². The number of carbonyl (C=O) groups is 3. The van der Waals surface area contributed by atoms with Crippen molar-refractivity contribution in [2.75, 3.05) is 12.1 Å². The van der Waals surface area contributed by atoms with E-state index in [1.807, 2.05) is 44.1 Å².